The number of nitrogens with zero attached hydrogens (tertiary/aromatic N) is 1. The molecule has 2 N–H and O–H groups in total. The second-order valence-electron chi connectivity index (χ2n) is 3.51. The zero-order valence-corrected chi connectivity index (χ0v) is 8.75. The van der Waals surface area contributed by atoms with Gasteiger partial charge in [-0.15, -0.1) is 0 Å². The first-order valence-electron chi connectivity index (χ1n) is 4.91. The van der Waals surface area contributed by atoms with E-state index < -0.39 is 17.5 Å². The molecule has 0 amide bonds. The van der Waals surface area contributed by atoms with Crippen molar-refractivity contribution >= 4 is 0 Å². The van der Waals surface area contributed by atoms with Crippen LogP contribution in [0.5, 0.6) is 0 Å². The van der Waals surface area contributed by atoms with Gasteiger partial charge in [0.25, 0.3) is 0 Å². The van der Waals surface area contributed by atoms with Gasteiger partial charge in [0.1, 0.15) is 0 Å². The van der Waals surface area contributed by atoms with Crippen molar-refractivity contribution in [1.82, 2.24) is 4.98 Å². The molecule has 1 aromatic carbocycles. The summed E-state index contributed by atoms with van der Waals surface area (Å²) in [6.07, 6.45) is 2.90. The molecule has 2 nitrogen and oxygen atoms in total. The largest absolute Gasteiger partial charge is 0.326 e. The average Bonchev–Trinajstić information content (AvgIpc) is 2.36. The number of pyridine rings is 1. The standard InChI is InChI=1S/C12H9F3N2/c13-10-2-1-9(11(14)12(10)15)8-3-7(4-16)5-17-6-8/h1-3,5-6H,4,16H2. The minimum absolute atomic E-state index is 0.0355. The van der Waals surface area contributed by atoms with Gasteiger partial charge < -0.3 is 5.73 Å². The molecule has 0 bridgehead atoms. The third kappa shape index (κ3) is 2.14. The number of hydrogen-bond donors (Lipinski definition) is 1. The van der Waals surface area contributed by atoms with Crippen molar-refractivity contribution in [1.29, 1.82) is 0 Å². The molecule has 0 atom stereocenters. The first-order chi connectivity index (χ1) is 8.13. The van der Waals surface area contributed by atoms with Crippen LogP contribution in [0.3, 0.4) is 0 Å². The van der Waals surface area contributed by atoms with Crippen LogP contribution in [-0.2, 0) is 6.54 Å². The molecule has 1 aromatic heterocycles. The quantitative estimate of drug-likeness (QED) is 0.817. The van der Waals surface area contributed by atoms with Crippen molar-refractivity contribution in [3.63, 3.8) is 0 Å². The van der Waals surface area contributed by atoms with Gasteiger partial charge in [0.15, 0.2) is 17.5 Å². The Hall–Kier alpha value is -1.88. The number of aromatic nitrogens is 1. The zero-order chi connectivity index (χ0) is 12.4. The minimum atomic E-state index is -1.49. The predicted octanol–water partition coefficient (Wildman–Crippen LogP) is 2.62. The number of benzene rings is 1. The van der Waals surface area contributed by atoms with Crippen molar-refractivity contribution in [2.75, 3.05) is 0 Å². The van der Waals surface area contributed by atoms with Crippen molar-refractivity contribution in [3.8, 4) is 11.1 Å². The van der Waals surface area contributed by atoms with Gasteiger partial charge in [0.05, 0.1) is 0 Å². The molecule has 1 heterocycles. The van der Waals surface area contributed by atoms with Gasteiger partial charge in [-0.05, 0) is 23.8 Å². The Morgan fingerprint density at radius 3 is 2.53 bits per heavy atom. The second-order valence-corrected chi connectivity index (χ2v) is 3.51. The fourth-order valence-electron chi connectivity index (χ4n) is 1.50. The third-order valence-electron chi connectivity index (χ3n) is 2.38. The van der Waals surface area contributed by atoms with E-state index in [1.807, 2.05) is 0 Å². The maximum atomic E-state index is 13.5. The highest BCUT2D eigenvalue weighted by Gasteiger charge is 2.14. The van der Waals surface area contributed by atoms with Crippen LogP contribution in [0, 0.1) is 17.5 Å². The topological polar surface area (TPSA) is 38.9 Å². The lowest BCUT2D eigenvalue weighted by molar-refractivity contribution is 0.449. The van der Waals surface area contributed by atoms with Crippen molar-refractivity contribution in [2.24, 2.45) is 5.73 Å². The van der Waals surface area contributed by atoms with Crippen LogP contribution < -0.4 is 5.73 Å². The Labute approximate surface area is 95.9 Å². The lowest BCUT2D eigenvalue weighted by Gasteiger charge is -2.06. The molecular formula is C12H9F3N2. The summed E-state index contributed by atoms with van der Waals surface area (Å²) in [4.78, 5) is 3.86. The summed E-state index contributed by atoms with van der Waals surface area (Å²) in [6, 6.07) is 3.64. The van der Waals surface area contributed by atoms with Gasteiger partial charge in [-0.25, -0.2) is 13.2 Å². The Balaban J connectivity index is 2.56. The lowest BCUT2D eigenvalue weighted by atomic mass is 10.1. The van der Waals surface area contributed by atoms with Crippen molar-refractivity contribution < 1.29 is 13.2 Å². The molecule has 5 heteroatoms. The summed E-state index contributed by atoms with van der Waals surface area (Å²) < 4.78 is 39.3. The first kappa shape index (κ1) is 11.6. The van der Waals surface area contributed by atoms with Gasteiger partial charge in [0, 0.05) is 30.1 Å². The van der Waals surface area contributed by atoms with E-state index in [-0.39, 0.29) is 12.1 Å². The highest BCUT2D eigenvalue weighted by Crippen LogP contribution is 2.25. The van der Waals surface area contributed by atoms with E-state index in [1.165, 1.54) is 18.5 Å². The van der Waals surface area contributed by atoms with Crippen molar-refractivity contribution in [3.05, 3.63) is 53.6 Å². The van der Waals surface area contributed by atoms with E-state index >= 15 is 0 Å². The molecule has 2 rings (SSSR count). The number of halogens is 3. The molecule has 0 unspecified atom stereocenters. The molecule has 0 aliphatic carbocycles. The fourth-order valence-corrected chi connectivity index (χ4v) is 1.50. The van der Waals surface area contributed by atoms with Crippen LogP contribution >= 0.6 is 0 Å². The summed E-state index contributed by atoms with van der Waals surface area (Å²) in [5.74, 6) is -3.92. The van der Waals surface area contributed by atoms with Gasteiger partial charge in [0.2, 0.25) is 0 Å². The van der Waals surface area contributed by atoms with E-state index in [2.05, 4.69) is 4.98 Å². The Morgan fingerprint density at radius 2 is 1.82 bits per heavy atom. The summed E-state index contributed by atoms with van der Waals surface area (Å²) >= 11 is 0. The number of rotatable bonds is 2. The monoisotopic (exact) mass is 238 g/mol. The minimum Gasteiger partial charge on any atom is -0.326 e. The normalized spacial score (nSPS) is 10.6. The predicted molar refractivity (Wildman–Crippen MR) is 57.4 cm³/mol. The van der Waals surface area contributed by atoms with Crippen LogP contribution in [0.4, 0.5) is 13.2 Å². The van der Waals surface area contributed by atoms with Crippen LogP contribution in [0.1, 0.15) is 5.56 Å². The van der Waals surface area contributed by atoms with Crippen LogP contribution in [0.2, 0.25) is 0 Å². The molecule has 0 saturated carbocycles. The van der Waals surface area contributed by atoms with E-state index in [4.69, 9.17) is 5.73 Å². The molecule has 0 aliphatic rings. The molecule has 0 saturated heterocycles. The lowest BCUT2D eigenvalue weighted by Crippen LogP contribution is -1.99. The first-order valence-corrected chi connectivity index (χ1v) is 4.91. The van der Waals surface area contributed by atoms with Crippen LogP contribution in [0.15, 0.2) is 30.6 Å². The van der Waals surface area contributed by atoms with Gasteiger partial charge in [-0.1, -0.05) is 0 Å². The maximum absolute atomic E-state index is 13.5. The van der Waals surface area contributed by atoms with Gasteiger partial charge in [-0.2, -0.15) is 0 Å². The SMILES string of the molecule is NCc1cncc(-c2ccc(F)c(F)c2F)c1. The van der Waals surface area contributed by atoms with E-state index in [0.717, 1.165) is 6.07 Å². The molecule has 17 heavy (non-hydrogen) atoms. The van der Waals surface area contributed by atoms with E-state index in [0.29, 0.717) is 11.1 Å². The summed E-state index contributed by atoms with van der Waals surface area (Å²) in [6.45, 7) is 0.242. The Bertz CT molecular complexity index is 555. The summed E-state index contributed by atoms with van der Waals surface area (Å²) in [5, 5.41) is 0. The highest BCUT2D eigenvalue weighted by molar-refractivity contribution is 5.63. The highest BCUT2D eigenvalue weighted by atomic mass is 19.2. The molecule has 0 radical (unpaired) electrons. The average molecular weight is 238 g/mol. The van der Waals surface area contributed by atoms with Crippen molar-refractivity contribution in [2.45, 2.75) is 6.54 Å². The molecule has 88 valence electrons. The summed E-state index contributed by atoms with van der Waals surface area (Å²) in [7, 11) is 0. The van der Waals surface area contributed by atoms with Gasteiger partial charge in [-0.3, -0.25) is 4.98 Å². The smallest absolute Gasteiger partial charge is 0.195 e. The zero-order valence-electron chi connectivity index (χ0n) is 8.75. The Morgan fingerprint density at radius 1 is 1.06 bits per heavy atom. The fraction of sp³-hybridized carbons (Fsp3) is 0.0833. The van der Waals surface area contributed by atoms with Gasteiger partial charge >= 0.3 is 0 Å². The van der Waals surface area contributed by atoms with Crippen LogP contribution in [-0.4, -0.2) is 4.98 Å². The van der Waals surface area contributed by atoms with Crippen LogP contribution in [0.25, 0.3) is 11.1 Å². The number of nitrogens with two attached hydrogens (primary N) is 1. The van der Waals surface area contributed by atoms with E-state index in [1.54, 1.807) is 6.07 Å². The summed E-state index contributed by atoms with van der Waals surface area (Å²) in [5.41, 5.74) is 6.44. The molecule has 0 aliphatic heterocycles. The number of hydrogen-bond acceptors (Lipinski definition) is 2. The third-order valence-corrected chi connectivity index (χ3v) is 2.38. The van der Waals surface area contributed by atoms with E-state index in [9.17, 15) is 13.2 Å². The molecular weight excluding hydrogens is 229 g/mol. The molecule has 0 fully saturated rings. The molecule has 0 spiro atoms. The molecule has 2 aromatic rings. The Kier molecular flexibility index (Phi) is 3.10. The maximum Gasteiger partial charge on any atom is 0.195 e. The second kappa shape index (κ2) is 4.55.